The Morgan fingerprint density at radius 3 is 2.65 bits per heavy atom. The number of aryl methyl sites for hydroxylation is 1. The largest absolute Gasteiger partial charge is 0.486 e. The molecule has 2 heterocycles. The number of thiazole rings is 1. The molecule has 40 heavy (non-hydrogen) atoms. The van der Waals surface area contributed by atoms with E-state index in [1.165, 1.54) is 22.5 Å². The van der Waals surface area contributed by atoms with Crippen LogP contribution in [0, 0.1) is 12.8 Å². The number of rotatable bonds is 8. The highest BCUT2D eigenvalue weighted by molar-refractivity contribution is 7.09. The van der Waals surface area contributed by atoms with Gasteiger partial charge in [-0.1, -0.05) is 66.2 Å². The highest BCUT2D eigenvalue weighted by Crippen LogP contribution is 2.41. The monoisotopic (exact) mass is 551 g/mol. The average molecular weight is 552 g/mol. The molecule has 1 fully saturated rings. The summed E-state index contributed by atoms with van der Waals surface area (Å²) in [6, 6.07) is 24.5. The molecule has 0 N–H and O–H groups in total. The number of benzene rings is 3. The maximum absolute atomic E-state index is 13.3. The van der Waals surface area contributed by atoms with Crippen molar-refractivity contribution >= 4 is 23.2 Å². The van der Waals surface area contributed by atoms with Crippen LogP contribution in [0.15, 0.2) is 78.2 Å². The number of carbonyl (C=O) groups is 2. The number of amides is 2. The Balaban J connectivity index is 1.18. The standard InChI is InChI=1S/C33H33N3O3S/c1-22-7-6-10-26(17-22)31-28-18-27(14-13-24(28)15-16-36(31)32(37)25-11-12-25)39-20-30-34-29(21-40-30)33(38)35(2)19-23-8-4-3-5-9-23/h3-10,13-14,17-18,21,25,31H,11-12,15-16,19-20H2,1-2H3/t31-/m0/s1. The van der Waals surface area contributed by atoms with Crippen molar-refractivity contribution in [2.24, 2.45) is 5.92 Å². The highest BCUT2D eigenvalue weighted by atomic mass is 32.1. The van der Waals surface area contributed by atoms with Crippen molar-refractivity contribution in [3.05, 3.63) is 117 Å². The summed E-state index contributed by atoms with van der Waals surface area (Å²) in [5.74, 6) is 1.06. The molecule has 7 heteroatoms. The lowest BCUT2D eigenvalue weighted by atomic mass is 9.87. The molecule has 4 aromatic rings. The van der Waals surface area contributed by atoms with Gasteiger partial charge in [-0.15, -0.1) is 11.3 Å². The third-order valence-corrected chi connectivity index (χ3v) is 8.48. The molecule has 0 spiro atoms. The summed E-state index contributed by atoms with van der Waals surface area (Å²) in [4.78, 5) is 34.5. The number of hydrogen-bond acceptors (Lipinski definition) is 5. The summed E-state index contributed by atoms with van der Waals surface area (Å²) in [5, 5.41) is 2.54. The number of aromatic nitrogens is 1. The fraction of sp³-hybridized carbons (Fsp3) is 0.303. The molecule has 1 aliphatic carbocycles. The van der Waals surface area contributed by atoms with Crippen LogP contribution in [-0.4, -0.2) is 40.2 Å². The summed E-state index contributed by atoms with van der Waals surface area (Å²) < 4.78 is 6.19. The number of nitrogens with zero attached hydrogens (tertiary/aromatic N) is 3. The second-order valence-electron chi connectivity index (χ2n) is 10.8. The van der Waals surface area contributed by atoms with E-state index in [4.69, 9.17) is 4.74 Å². The van der Waals surface area contributed by atoms with Gasteiger partial charge in [-0.2, -0.15) is 0 Å². The SMILES string of the molecule is Cc1cccc([C@H]2c3cc(OCc4nc(C(=O)N(C)Cc5ccccc5)cs4)ccc3CCN2C(=O)C2CC2)c1. The van der Waals surface area contributed by atoms with E-state index in [0.29, 0.717) is 12.2 Å². The van der Waals surface area contributed by atoms with Crippen LogP contribution in [0.5, 0.6) is 5.75 Å². The number of fused-ring (bicyclic) bond motifs is 1. The van der Waals surface area contributed by atoms with Gasteiger partial charge >= 0.3 is 0 Å². The van der Waals surface area contributed by atoms with Crippen LogP contribution >= 0.6 is 11.3 Å². The van der Waals surface area contributed by atoms with Crippen LogP contribution < -0.4 is 4.74 Å². The molecule has 1 atom stereocenters. The van der Waals surface area contributed by atoms with Gasteiger partial charge in [0.05, 0.1) is 6.04 Å². The molecule has 2 aliphatic rings. The van der Waals surface area contributed by atoms with Gasteiger partial charge < -0.3 is 14.5 Å². The molecule has 2 amide bonds. The lowest BCUT2D eigenvalue weighted by molar-refractivity contribution is -0.134. The van der Waals surface area contributed by atoms with Crippen molar-refractivity contribution in [1.82, 2.24) is 14.8 Å². The molecule has 6 rings (SSSR count). The van der Waals surface area contributed by atoms with Gasteiger partial charge in [-0.05, 0) is 60.6 Å². The van der Waals surface area contributed by atoms with E-state index in [1.807, 2.05) is 36.4 Å². The highest BCUT2D eigenvalue weighted by Gasteiger charge is 2.39. The minimum Gasteiger partial charge on any atom is -0.486 e. The van der Waals surface area contributed by atoms with Crippen molar-refractivity contribution in [2.45, 2.75) is 45.4 Å². The second-order valence-corrected chi connectivity index (χ2v) is 11.7. The Bertz CT molecular complexity index is 1530. The smallest absolute Gasteiger partial charge is 0.273 e. The van der Waals surface area contributed by atoms with Crippen molar-refractivity contribution in [3.63, 3.8) is 0 Å². The molecule has 3 aromatic carbocycles. The van der Waals surface area contributed by atoms with E-state index >= 15 is 0 Å². The average Bonchev–Trinajstić information content (AvgIpc) is 3.72. The lowest BCUT2D eigenvalue weighted by Crippen LogP contribution is -2.41. The maximum Gasteiger partial charge on any atom is 0.273 e. The molecule has 1 aliphatic heterocycles. The molecule has 204 valence electrons. The van der Waals surface area contributed by atoms with Gasteiger partial charge in [0.25, 0.3) is 5.91 Å². The van der Waals surface area contributed by atoms with Gasteiger partial charge in [-0.25, -0.2) is 4.98 Å². The third-order valence-electron chi connectivity index (χ3n) is 7.66. The molecule has 1 saturated carbocycles. The Labute approximate surface area is 239 Å². The van der Waals surface area contributed by atoms with Gasteiger partial charge in [0.2, 0.25) is 5.91 Å². The second kappa shape index (κ2) is 11.3. The maximum atomic E-state index is 13.3. The third kappa shape index (κ3) is 5.65. The molecular weight excluding hydrogens is 518 g/mol. The van der Waals surface area contributed by atoms with E-state index in [9.17, 15) is 9.59 Å². The van der Waals surface area contributed by atoms with Crippen molar-refractivity contribution in [1.29, 1.82) is 0 Å². The van der Waals surface area contributed by atoms with E-state index in [0.717, 1.165) is 53.3 Å². The number of hydrogen-bond donors (Lipinski definition) is 0. The Morgan fingerprint density at radius 1 is 1.05 bits per heavy atom. The fourth-order valence-electron chi connectivity index (χ4n) is 5.43. The minimum atomic E-state index is -0.121. The fourth-order valence-corrected chi connectivity index (χ4v) is 6.11. The Hall–Kier alpha value is -3.97. The predicted octanol–water partition coefficient (Wildman–Crippen LogP) is 6.19. The summed E-state index contributed by atoms with van der Waals surface area (Å²) >= 11 is 1.43. The molecule has 0 saturated heterocycles. The molecule has 6 nitrogen and oxygen atoms in total. The van der Waals surface area contributed by atoms with Crippen LogP contribution in [0.25, 0.3) is 0 Å². The van der Waals surface area contributed by atoms with Crippen molar-refractivity contribution in [2.75, 3.05) is 13.6 Å². The first kappa shape index (κ1) is 26.3. The van der Waals surface area contributed by atoms with Gasteiger partial charge in [0, 0.05) is 31.4 Å². The minimum absolute atomic E-state index is 0.110. The Morgan fingerprint density at radius 2 is 1.88 bits per heavy atom. The molecule has 0 bridgehead atoms. The first-order valence-corrected chi connectivity index (χ1v) is 14.7. The first-order valence-electron chi connectivity index (χ1n) is 13.8. The zero-order valence-corrected chi connectivity index (χ0v) is 23.7. The quantitative estimate of drug-likeness (QED) is 0.262. The molecular formula is C33H33N3O3S. The van der Waals surface area contributed by atoms with Crippen LogP contribution in [0.2, 0.25) is 0 Å². The topological polar surface area (TPSA) is 62.7 Å². The van der Waals surface area contributed by atoms with Gasteiger partial charge in [0.1, 0.15) is 23.1 Å². The summed E-state index contributed by atoms with van der Waals surface area (Å²) in [6.45, 7) is 3.63. The normalized spacial score (nSPS) is 16.4. The predicted molar refractivity (Wildman–Crippen MR) is 156 cm³/mol. The van der Waals surface area contributed by atoms with Crippen LogP contribution in [0.3, 0.4) is 0 Å². The van der Waals surface area contributed by atoms with E-state index in [1.54, 1.807) is 17.3 Å². The number of ether oxygens (including phenoxy) is 1. The van der Waals surface area contributed by atoms with Crippen LogP contribution in [0.1, 0.15) is 62.2 Å². The zero-order chi connectivity index (χ0) is 27.6. The summed E-state index contributed by atoms with van der Waals surface area (Å²) in [6.07, 6.45) is 2.82. The van der Waals surface area contributed by atoms with Gasteiger partial charge in [0.15, 0.2) is 0 Å². The van der Waals surface area contributed by atoms with Crippen LogP contribution in [-0.2, 0) is 24.4 Å². The molecule has 1 aromatic heterocycles. The van der Waals surface area contributed by atoms with Crippen molar-refractivity contribution < 1.29 is 14.3 Å². The number of carbonyl (C=O) groups excluding carboxylic acids is 2. The van der Waals surface area contributed by atoms with Crippen LogP contribution in [0.4, 0.5) is 0 Å². The first-order chi connectivity index (χ1) is 19.5. The van der Waals surface area contributed by atoms with E-state index in [-0.39, 0.29) is 30.4 Å². The lowest BCUT2D eigenvalue weighted by Gasteiger charge is -2.38. The Kier molecular flexibility index (Phi) is 7.39. The molecule has 0 radical (unpaired) electrons. The van der Waals surface area contributed by atoms with Gasteiger partial charge in [-0.3, -0.25) is 9.59 Å². The molecule has 0 unspecified atom stereocenters. The van der Waals surface area contributed by atoms with E-state index < -0.39 is 0 Å². The van der Waals surface area contributed by atoms with E-state index in [2.05, 4.69) is 53.2 Å². The summed E-state index contributed by atoms with van der Waals surface area (Å²) in [5.41, 5.74) is 6.20. The van der Waals surface area contributed by atoms with Crippen molar-refractivity contribution in [3.8, 4) is 5.75 Å². The zero-order valence-electron chi connectivity index (χ0n) is 22.9. The summed E-state index contributed by atoms with van der Waals surface area (Å²) in [7, 11) is 1.79.